The van der Waals surface area contributed by atoms with E-state index in [0.29, 0.717) is 23.5 Å². The summed E-state index contributed by atoms with van der Waals surface area (Å²) in [7, 11) is 1.49. The summed E-state index contributed by atoms with van der Waals surface area (Å²) in [6.45, 7) is 0.613. The third kappa shape index (κ3) is 4.53. The number of hydrogen-bond acceptors (Lipinski definition) is 9. The van der Waals surface area contributed by atoms with Crippen LogP contribution in [0.1, 0.15) is 29.1 Å². The van der Waals surface area contributed by atoms with Crippen LogP contribution in [0.25, 0.3) is 11.2 Å². The number of nitrogens with zero attached hydrogens (tertiary/aromatic N) is 5. The zero-order chi connectivity index (χ0) is 25.1. The van der Waals surface area contributed by atoms with Gasteiger partial charge in [-0.2, -0.15) is 15.2 Å². The van der Waals surface area contributed by atoms with E-state index >= 15 is 0 Å². The Hall–Kier alpha value is -3.88. The van der Waals surface area contributed by atoms with Gasteiger partial charge in [0.2, 0.25) is 5.82 Å². The fourth-order valence-electron chi connectivity index (χ4n) is 4.53. The monoisotopic (exact) mass is 486 g/mol. The van der Waals surface area contributed by atoms with Crippen LogP contribution < -0.4 is 5.32 Å². The van der Waals surface area contributed by atoms with Crippen molar-refractivity contribution in [2.24, 2.45) is 0 Å². The van der Waals surface area contributed by atoms with E-state index in [-0.39, 0.29) is 18.3 Å². The summed E-state index contributed by atoms with van der Waals surface area (Å²) >= 11 is 0. The molecule has 5 rings (SSSR count). The summed E-state index contributed by atoms with van der Waals surface area (Å²) in [5.41, 5.74) is 3.00. The predicted molar refractivity (Wildman–Crippen MR) is 131 cm³/mol. The van der Waals surface area contributed by atoms with Crippen molar-refractivity contribution in [3.63, 3.8) is 0 Å². The molecule has 3 heterocycles. The van der Waals surface area contributed by atoms with Gasteiger partial charge in [0.15, 0.2) is 23.2 Å². The standard InChI is InChI=1S/C26H26N6O4/c1-35-14-19-22(33)23(34)26(36-19)32-15-29-21-24(30-20(12-27)31-25(21)32)28-13-18(16-8-4-2-5-9-16)17-10-6-3-7-11-17/h2-11,15,18-19,22-23,26,33-34H,13-14H2,1H3,(H,28,30,31). The molecule has 184 valence electrons. The number of nitriles is 1. The first-order chi connectivity index (χ1) is 17.6. The van der Waals surface area contributed by atoms with E-state index in [1.165, 1.54) is 18.0 Å². The minimum Gasteiger partial charge on any atom is -0.387 e. The molecule has 36 heavy (non-hydrogen) atoms. The Morgan fingerprint density at radius 3 is 2.33 bits per heavy atom. The van der Waals surface area contributed by atoms with Crippen molar-refractivity contribution in [1.82, 2.24) is 19.5 Å². The number of imidazole rings is 1. The molecule has 0 aliphatic carbocycles. The van der Waals surface area contributed by atoms with E-state index in [4.69, 9.17) is 9.47 Å². The van der Waals surface area contributed by atoms with Crippen molar-refractivity contribution < 1.29 is 19.7 Å². The molecule has 4 atom stereocenters. The van der Waals surface area contributed by atoms with Crippen molar-refractivity contribution in [2.75, 3.05) is 25.6 Å². The molecule has 1 aliphatic heterocycles. The second-order valence-corrected chi connectivity index (χ2v) is 8.59. The van der Waals surface area contributed by atoms with Gasteiger partial charge in [0.25, 0.3) is 0 Å². The highest BCUT2D eigenvalue weighted by Crippen LogP contribution is 2.33. The Morgan fingerprint density at radius 1 is 1.06 bits per heavy atom. The molecule has 2 aromatic heterocycles. The van der Waals surface area contributed by atoms with Gasteiger partial charge in [0.1, 0.15) is 24.4 Å². The lowest BCUT2D eigenvalue weighted by Crippen LogP contribution is -2.33. The zero-order valence-electron chi connectivity index (χ0n) is 19.6. The van der Waals surface area contributed by atoms with Crippen molar-refractivity contribution in [2.45, 2.75) is 30.5 Å². The second kappa shape index (κ2) is 10.4. The summed E-state index contributed by atoms with van der Waals surface area (Å²) in [5, 5.41) is 33.9. The van der Waals surface area contributed by atoms with E-state index in [0.717, 1.165) is 11.1 Å². The van der Waals surface area contributed by atoms with Crippen LogP contribution in [-0.2, 0) is 9.47 Å². The van der Waals surface area contributed by atoms with Crippen LogP contribution in [0, 0.1) is 11.3 Å². The summed E-state index contributed by atoms with van der Waals surface area (Å²) in [6.07, 6.45) is -2.55. The van der Waals surface area contributed by atoms with E-state index in [2.05, 4.69) is 44.5 Å². The lowest BCUT2D eigenvalue weighted by molar-refractivity contribution is -0.0580. The molecule has 1 fully saturated rings. The maximum absolute atomic E-state index is 10.6. The van der Waals surface area contributed by atoms with Crippen molar-refractivity contribution >= 4 is 17.0 Å². The third-order valence-electron chi connectivity index (χ3n) is 6.34. The summed E-state index contributed by atoms with van der Waals surface area (Å²) < 4.78 is 12.4. The fourth-order valence-corrected chi connectivity index (χ4v) is 4.53. The Bertz CT molecular complexity index is 1320. The lowest BCUT2D eigenvalue weighted by Gasteiger charge is -2.19. The lowest BCUT2D eigenvalue weighted by atomic mass is 9.91. The number of methoxy groups -OCH3 is 1. The maximum atomic E-state index is 10.6. The minimum atomic E-state index is -1.22. The molecule has 0 amide bonds. The Morgan fingerprint density at radius 2 is 1.72 bits per heavy atom. The molecule has 3 N–H and O–H groups in total. The van der Waals surface area contributed by atoms with Gasteiger partial charge >= 0.3 is 0 Å². The largest absolute Gasteiger partial charge is 0.387 e. The number of anilines is 1. The number of fused-ring (bicyclic) bond motifs is 1. The average Bonchev–Trinajstić information content (AvgIpc) is 3.46. The molecule has 0 spiro atoms. The fraction of sp³-hybridized carbons (Fsp3) is 0.308. The maximum Gasteiger partial charge on any atom is 0.236 e. The van der Waals surface area contributed by atoms with E-state index < -0.39 is 24.5 Å². The van der Waals surface area contributed by atoms with E-state index in [9.17, 15) is 15.5 Å². The van der Waals surface area contributed by atoms with Gasteiger partial charge in [-0.05, 0) is 11.1 Å². The predicted octanol–water partition coefficient (Wildman–Crippen LogP) is 2.21. The molecular formula is C26H26N6O4. The van der Waals surface area contributed by atoms with Crippen molar-refractivity contribution in [1.29, 1.82) is 5.26 Å². The van der Waals surface area contributed by atoms with Gasteiger partial charge in [-0.3, -0.25) is 4.57 Å². The highest BCUT2D eigenvalue weighted by atomic mass is 16.6. The molecule has 0 radical (unpaired) electrons. The number of hydrogen-bond donors (Lipinski definition) is 3. The highest BCUT2D eigenvalue weighted by molar-refractivity contribution is 5.83. The summed E-state index contributed by atoms with van der Waals surface area (Å²) in [6, 6.07) is 22.3. The molecular weight excluding hydrogens is 460 g/mol. The first kappa shape index (κ1) is 23.8. The third-order valence-corrected chi connectivity index (χ3v) is 6.34. The molecule has 10 nitrogen and oxygen atoms in total. The number of aliphatic hydroxyl groups excluding tert-OH is 2. The van der Waals surface area contributed by atoms with Gasteiger partial charge in [0.05, 0.1) is 12.9 Å². The summed E-state index contributed by atoms with van der Waals surface area (Å²) in [5.74, 6) is 0.368. The van der Waals surface area contributed by atoms with Gasteiger partial charge < -0.3 is 25.0 Å². The molecule has 4 aromatic rings. The number of aromatic nitrogens is 4. The van der Waals surface area contributed by atoms with Crippen molar-refractivity contribution in [3.05, 3.63) is 83.9 Å². The SMILES string of the molecule is COCC1OC(n2cnc3c(NCC(c4ccccc4)c4ccccc4)nc(C#N)nc32)C(O)C1O. The smallest absolute Gasteiger partial charge is 0.236 e. The minimum absolute atomic E-state index is 0.0231. The topological polar surface area (TPSA) is 138 Å². The van der Waals surface area contributed by atoms with Crippen LogP contribution in [0.3, 0.4) is 0 Å². The van der Waals surface area contributed by atoms with Gasteiger partial charge in [-0.15, -0.1) is 0 Å². The Balaban J connectivity index is 1.48. The molecule has 1 saturated heterocycles. The quantitative estimate of drug-likeness (QED) is 0.342. The zero-order valence-corrected chi connectivity index (χ0v) is 19.6. The second-order valence-electron chi connectivity index (χ2n) is 8.59. The van der Waals surface area contributed by atoms with E-state index in [1.807, 2.05) is 42.5 Å². The van der Waals surface area contributed by atoms with Gasteiger partial charge in [0, 0.05) is 19.6 Å². The van der Waals surface area contributed by atoms with Crippen LogP contribution >= 0.6 is 0 Å². The van der Waals surface area contributed by atoms with E-state index in [1.54, 1.807) is 0 Å². The molecule has 10 heteroatoms. The highest BCUT2D eigenvalue weighted by Gasteiger charge is 2.44. The van der Waals surface area contributed by atoms with Crippen LogP contribution in [0.5, 0.6) is 0 Å². The number of aliphatic hydroxyl groups is 2. The first-order valence-corrected chi connectivity index (χ1v) is 11.6. The first-order valence-electron chi connectivity index (χ1n) is 11.6. The normalized spacial score (nSPS) is 21.6. The van der Waals surface area contributed by atoms with Gasteiger partial charge in [-0.25, -0.2) is 4.98 Å². The molecule has 2 aromatic carbocycles. The molecule has 0 saturated carbocycles. The molecule has 0 bridgehead atoms. The van der Waals surface area contributed by atoms with Crippen LogP contribution in [0.2, 0.25) is 0 Å². The van der Waals surface area contributed by atoms with Crippen LogP contribution in [0.4, 0.5) is 5.82 Å². The summed E-state index contributed by atoms with van der Waals surface area (Å²) in [4.78, 5) is 13.1. The molecule has 4 unspecified atom stereocenters. The number of benzene rings is 2. The Kier molecular flexibility index (Phi) is 6.88. The molecule has 1 aliphatic rings. The van der Waals surface area contributed by atoms with Gasteiger partial charge in [-0.1, -0.05) is 60.7 Å². The Labute approximate surface area is 207 Å². The number of nitrogens with one attached hydrogen (secondary N) is 1. The number of rotatable bonds is 8. The van der Waals surface area contributed by atoms with Crippen LogP contribution in [-0.4, -0.2) is 68.3 Å². The van der Waals surface area contributed by atoms with Crippen molar-refractivity contribution in [3.8, 4) is 6.07 Å². The average molecular weight is 487 g/mol. The van der Waals surface area contributed by atoms with Crippen LogP contribution in [0.15, 0.2) is 67.0 Å². The number of ether oxygens (including phenoxy) is 2.